The summed E-state index contributed by atoms with van der Waals surface area (Å²) in [5.41, 5.74) is 0. The average Bonchev–Trinajstić information content (AvgIpc) is 1.96. The van der Waals surface area contributed by atoms with Crippen molar-refractivity contribution >= 4 is 45.6 Å². The van der Waals surface area contributed by atoms with E-state index in [1.165, 1.54) is 0 Å². The predicted octanol–water partition coefficient (Wildman–Crippen LogP) is -0.531. The molecule has 70 valence electrons. The van der Waals surface area contributed by atoms with Gasteiger partial charge in [0.1, 0.15) is 0 Å². The molecular weight excluding hydrogens is 207 g/mol. The monoisotopic (exact) mass is 216 g/mol. The van der Waals surface area contributed by atoms with E-state index < -0.39 is 21.8 Å². The van der Waals surface area contributed by atoms with Crippen LogP contribution < -0.4 is 0 Å². The van der Waals surface area contributed by atoms with Gasteiger partial charge in [0, 0.05) is 6.08 Å². The topological polar surface area (TPSA) is 80.7 Å². The number of ether oxygens (including phenoxy) is 1. The second-order valence-electron chi connectivity index (χ2n) is 1.76. The molecule has 0 aliphatic heterocycles. The third kappa shape index (κ3) is 11.9. The summed E-state index contributed by atoms with van der Waals surface area (Å²) in [5, 5.41) is 0. The Balaban J connectivity index is 0. The Morgan fingerprint density at radius 3 is 2.46 bits per heavy atom. The van der Waals surface area contributed by atoms with E-state index in [9.17, 15) is 13.2 Å². The molecule has 0 rings (SSSR count). The Bertz CT molecular complexity index is 292. The van der Waals surface area contributed by atoms with Gasteiger partial charge >= 0.3 is 35.5 Å². The van der Waals surface area contributed by atoms with Gasteiger partial charge < -0.3 is 4.74 Å². The van der Waals surface area contributed by atoms with Crippen LogP contribution in [0.25, 0.3) is 0 Å². The van der Waals surface area contributed by atoms with E-state index in [1.54, 1.807) is 0 Å². The van der Waals surface area contributed by atoms with Gasteiger partial charge in [-0.05, 0) is 6.08 Å². The molecule has 7 heteroatoms. The molecule has 0 aliphatic carbocycles. The van der Waals surface area contributed by atoms with Gasteiger partial charge in [0.05, 0.1) is 12.0 Å². The predicted molar refractivity (Wildman–Crippen MR) is 49.0 cm³/mol. The van der Waals surface area contributed by atoms with Crippen LogP contribution in [0.4, 0.5) is 0 Å². The van der Waals surface area contributed by atoms with Gasteiger partial charge in [-0.15, -0.1) is 0 Å². The molecule has 0 aliphatic rings. The van der Waals surface area contributed by atoms with Crippen LogP contribution in [0.2, 0.25) is 0 Å². The molecule has 0 heterocycles. The maximum atomic E-state index is 10.3. The van der Waals surface area contributed by atoms with E-state index in [2.05, 4.69) is 11.3 Å². The minimum atomic E-state index is -4.03. The fourth-order valence-corrected chi connectivity index (χ4v) is 0.646. The van der Waals surface area contributed by atoms with Crippen LogP contribution in [0.1, 0.15) is 0 Å². The fourth-order valence-electron chi connectivity index (χ4n) is 0.324. The van der Waals surface area contributed by atoms with Gasteiger partial charge in [0.2, 0.25) is 0 Å². The first-order valence-corrected chi connectivity index (χ1v) is 4.50. The van der Waals surface area contributed by atoms with Crippen molar-refractivity contribution in [3.8, 4) is 0 Å². The number of hydrogen-bond donors (Lipinski definition) is 1. The standard InChI is InChI=1S/C6H8O5S.Na.H/c1-2-6(7)11-4-3-5-12(8,9)10;;/h2-4H,1,5H2,(H,8,9,10);;. The Morgan fingerprint density at radius 1 is 1.54 bits per heavy atom. The molecule has 0 aromatic rings. The number of carbonyl (C=O) groups is 1. The van der Waals surface area contributed by atoms with Crippen molar-refractivity contribution in [2.24, 2.45) is 0 Å². The molecule has 0 saturated heterocycles. The zero-order valence-electron chi connectivity index (χ0n) is 6.13. The van der Waals surface area contributed by atoms with Gasteiger partial charge in [-0.3, -0.25) is 4.55 Å². The van der Waals surface area contributed by atoms with Gasteiger partial charge in [-0.2, -0.15) is 8.42 Å². The van der Waals surface area contributed by atoms with Crippen molar-refractivity contribution in [2.45, 2.75) is 0 Å². The summed E-state index contributed by atoms with van der Waals surface area (Å²) in [6.45, 7) is 3.11. The van der Waals surface area contributed by atoms with Crippen LogP contribution in [0, 0.1) is 0 Å². The van der Waals surface area contributed by atoms with E-state index in [0.717, 1.165) is 18.4 Å². The summed E-state index contributed by atoms with van der Waals surface area (Å²) in [6, 6.07) is 0. The van der Waals surface area contributed by atoms with Gasteiger partial charge in [0.25, 0.3) is 10.1 Å². The Morgan fingerprint density at radius 2 is 2.08 bits per heavy atom. The molecular formula is C6H9NaO5S. The molecule has 0 atom stereocenters. The average molecular weight is 216 g/mol. The second-order valence-corrected chi connectivity index (χ2v) is 3.26. The van der Waals surface area contributed by atoms with Crippen LogP contribution in [-0.4, -0.2) is 54.2 Å². The molecule has 0 amide bonds. The molecule has 0 saturated carbocycles. The molecule has 0 aromatic carbocycles. The Labute approximate surface area is 98.5 Å². The van der Waals surface area contributed by atoms with E-state index >= 15 is 0 Å². The molecule has 0 radical (unpaired) electrons. The first-order chi connectivity index (χ1) is 5.45. The second kappa shape index (κ2) is 7.28. The number of hydrogen-bond acceptors (Lipinski definition) is 4. The molecule has 0 fully saturated rings. The van der Waals surface area contributed by atoms with Crippen molar-refractivity contribution in [2.75, 3.05) is 5.75 Å². The normalized spacial score (nSPS) is 10.5. The van der Waals surface area contributed by atoms with Gasteiger partial charge in [-0.25, -0.2) is 4.79 Å². The number of esters is 1. The van der Waals surface area contributed by atoms with Crippen LogP contribution in [0.3, 0.4) is 0 Å². The van der Waals surface area contributed by atoms with Crippen molar-refractivity contribution < 1.29 is 22.5 Å². The fraction of sp³-hybridized carbons (Fsp3) is 0.167. The first-order valence-electron chi connectivity index (χ1n) is 2.89. The number of carbonyl (C=O) groups excluding carboxylic acids is 1. The molecule has 0 aromatic heterocycles. The molecule has 0 spiro atoms. The molecule has 1 N–H and O–H groups in total. The van der Waals surface area contributed by atoms with Crippen LogP contribution in [0.15, 0.2) is 25.0 Å². The summed E-state index contributed by atoms with van der Waals surface area (Å²) in [4.78, 5) is 10.3. The minimum absolute atomic E-state index is 0. The SMILES string of the molecule is C=CC(=O)OC=CCS(=O)(=O)O.[NaH]. The summed E-state index contributed by atoms with van der Waals surface area (Å²) >= 11 is 0. The quantitative estimate of drug-likeness (QED) is 0.224. The van der Waals surface area contributed by atoms with E-state index in [0.29, 0.717) is 0 Å². The van der Waals surface area contributed by atoms with Crippen LogP contribution in [-0.2, 0) is 19.6 Å². The molecule has 13 heavy (non-hydrogen) atoms. The summed E-state index contributed by atoms with van der Waals surface area (Å²) in [5.74, 6) is -1.28. The van der Waals surface area contributed by atoms with Gasteiger partial charge in [-0.1, -0.05) is 6.58 Å². The molecule has 0 bridgehead atoms. The Hall–Kier alpha value is -0.140. The summed E-state index contributed by atoms with van der Waals surface area (Å²) < 4.78 is 32.7. The zero-order chi connectivity index (χ0) is 9.61. The van der Waals surface area contributed by atoms with Crippen LogP contribution in [0.5, 0.6) is 0 Å². The van der Waals surface area contributed by atoms with Crippen molar-refractivity contribution in [3.05, 3.63) is 25.0 Å². The summed E-state index contributed by atoms with van der Waals surface area (Å²) in [7, 11) is -4.03. The van der Waals surface area contributed by atoms with E-state index in [4.69, 9.17) is 4.55 Å². The van der Waals surface area contributed by atoms with Crippen LogP contribution >= 0.6 is 0 Å². The third-order valence-corrected chi connectivity index (χ3v) is 1.37. The van der Waals surface area contributed by atoms with E-state index in [-0.39, 0.29) is 29.6 Å². The summed E-state index contributed by atoms with van der Waals surface area (Å²) in [6.07, 6.45) is 2.80. The number of rotatable bonds is 4. The van der Waals surface area contributed by atoms with Crippen molar-refractivity contribution in [3.63, 3.8) is 0 Å². The van der Waals surface area contributed by atoms with Gasteiger partial charge in [0.15, 0.2) is 0 Å². The van der Waals surface area contributed by atoms with Crippen molar-refractivity contribution in [1.82, 2.24) is 0 Å². The zero-order valence-corrected chi connectivity index (χ0v) is 6.95. The maximum absolute atomic E-state index is 10.3. The third-order valence-electron chi connectivity index (χ3n) is 0.754. The van der Waals surface area contributed by atoms with E-state index in [1.807, 2.05) is 0 Å². The first kappa shape index (κ1) is 15.3. The van der Waals surface area contributed by atoms with Crippen molar-refractivity contribution in [1.29, 1.82) is 0 Å². The Kier molecular flexibility index (Phi) is 8.59. The molecule has 0 unspecified atom stereocenters. The molecule has 5 nitrogen and oxygen atoms in total.